The Morgan fingerprint density at radius 1 is 0.376 bits per heavy atom. The first kappa shape index (κ1) is 74.5. The Morgan fingerprint density at radius 2 is 0.703 bits per heavy atom. The van der Waals surface area contributed by atoms with Crippen LogP contribution in [0.4, 0.5) is 0 Å². The Kier molecular flexibility index (Phi) is 26.1. The molecule has 11 amide bonds. The van der Waals surface area contributed by atoms with Gasteiger partial charge in [-0.2, -0.15) is 0 Å². The van der Waals surface area contributed by atoms with Crippen molar-refractivity contribution in [2.75, 3.05) is 65.7 Å². The number of hydrogen-bond donors (Lipinski definition) is 11. The molecule has 532 valence electrons. The minimum absolute atomic E-state index is 0.0122. The molecular formula is C69H73N9O23. The van der Waals surface area contributed by atoms with Crippen molar-refractivity contribution in [2.45, 2.75) is 89.3 Å². The van der Waals surface area contributed by atoms with Gasteiger partial charge in [-0.1, -0.05) is 48.5 Å². The number of amides is 11. The van der Waals surface area contributed by atoms with E-state index < -0.39 is 139 Å². The van der Waals surface area contributed by atoms with Crippen LogP contribution in [-0.4, -0.2) is 203 Å². The van der Waals surface area contributed by atoms with Crippen molar-refractivity contribution >= 4 is 121 Å². The molecule has 32 nitrogen and oxygen atoms in total. The van der Waals surface area contributed by atoms with Crippen LogP contribution in [0.1, 0.15) is 113 Å². The smallest absolute Gasteiger partial charge is 0.322 e. The number of benzene rings is 6. The van der Waals surface area contributed by atoms with Crippen LogP contribution in [0.2, 0.25) is 0 Å². The van der Waals surface area contributed by atoms with E-state index in [1.165, 1.54) is 31.2 Å². The van der Waals surface area contributed by atoms with Crippen molar-refractivity contribution in [1.29, 1.82) is 0 Å². The van der Waals surface area contributed by atoms with Crippen LogP contribution < -0.4 is 56.2 Å². The number of carboxylic acids is 4. The number of imide groups is 2. The molecule has 11 N–H and O–H groups in total. The fraction of sp³-hybridized carbons (Fsp3) is 0.348. The molecule has 0 aliphatic carbocycles. The third-order valence-electron chi connectivity index (χ3n) is 15.9. The Labute approximate surface area is 574 Å². The van der Waals surface area contributed by atoms with Gasteiger partial charge in [-0.15, -0.1) is 0 Å². The maximum Gasteiger partial charge on any atom is 0.322 e. The summed E-state index contributed by atoms with van der Waals surface area (Å²) in [4.78, 5) is 191. The van der Waals surface area contributed by atoms with Gasteiger partial charge in [-0.3, -0.25) is 81.7 Å². The molecule has 0 unspecified atom stereocenters. The molecule has 3 atom stereocenters. The van der Waals surface area contributed by atoms with E-state index >= 15 is 0 Å². The highest BCUT2D eigenvalue weighted by Gasteiger charge is 2.40. The van der Waals surface area contributed by atoms with Crippen molar-refractivity contribution in [2.24, 2.45) is 0 Å². The molecule has 32 heteroatoms. The third-order valence-corrected chi connectivity index (χ3v) is 15.9. The second-order valence-electron chi connectivity index (χ2n) is 23.2. The zero-order valence-corrected chi connectivity index (χ0v) is 54.6. The van der Waals surface area contributed by atoms with Gasteiger partial charge in [-0.25, -0.2) is 0 Å². The third kappa shape index (κ3) is 20.0. The predicted molar refractivity (Wildman–Crippen MR) is 355 cm³/mol. The SMILES string of the molecule is CC(=O)N[C@@H](CC(=O)O)C(=O)NCCCOc1cccc2c(OCCCC(=O)N[C@@H](CC(=O)O)C(=O)NCCCOc3cccc4c(OCCCC(=O)N[C@@H](CC(=O)O)C(=O)NCCN5C(=O)c6ccc7c8c(ccc(c68)C5=O)C(=O)N(CCC(=O)NCC(=O)O)C7=O)cccc34)cccc12. The van der Waals surface area contributed by atoms with Crippen LogP contribution in [0.25, 0.3) is 32.3 Å². The summed E-state index contributed by atoms with van der Waals surface area (Å²) in [6, 6.07) is 22.2. The summed E-state index contributed by atoms with van der Waals surface area (Å²) < 4.78 is 24.1. The minimum Gasteiger partial charge on any atom is -0.493 e. The molecule has 8 rings (SSSR count). The van der Waals surface area contributed by atoms with E-state index in [1.54, 1.807) is 60.7 Å². The van der Waals surface area contributed by atoms with Crippen LogP contribution >= 0.6 is 0 Å². The topological polar surface area (TPSA) is 465 Å². The van der Waals surface area contributed by atoms with Gasteiger partial charge in [0.05, 0.1) is 45.7 Å². The Morgan fingerprint density at radius 3 is 1.04 bits per heavy atom. The number of aliphatic carboxylic acids is 4. The van der Waals surface area contributed by atoms with Crippen molar-refractivity contribution in [3.63, 3.8) is 0 Å². The molecular weight excluding hydrogens is 1320 g/mol. The number of rotatable bonds is 40. The summed E-state index contributed by atoms with van der Waals surface area (Å²) in [5, 5.41) is 57.1. The van der Waals surface area contributed by atoms with E-state index in [1.807, 2.05) is 12.1 Å². The summed E-state index contributed by atoms with van der Waals surface area (Å²) >= 11 is 0. The van der Waals surface area contributed by atoms with Crippen LogP contribution in [0.15, 0.2) is 97.1 Å². The van der Waals surface area contributed by atoms with Crippen LogP contribution in [0, 0.1) is 0 Å². The summed E-state index contributed by atoms with van der Waals surface area (Å²) in [7, 11) is 0. The molecule has 2 heterocycles. The summed E-state index contributed by atoms with van der Waals surface area (Å²) in [6.07, 6.45) is -1.76. The van der Waals surface area contributed by atoms with Gasteiger partial charge in [0.25, 0.3) is 23.6 Å². The Hall–Kier alpha value is -12.3. The van der Waals surface area contributed by atoms with Crippen molar-refractivity contribution < 1.29 is 111 Å². The quantitative estimate of drug-likeness (QED) is 0.0194. The normalized spacial score (nSPS) is 13.1. The maximum absolute atomic E-state index is 13.8. The fourth-order valence-corrected chi connectivity index (χ4v) is 11.2. The summed E-state index contributed by atoms with van der Waals surface area (Å²) in [6.45, 7) is -0.00759. The average Bonchev–Trinajstić information content (AvgIpc) is 0.714. The van der Waals surface area contributed by atoms with Gasteiger partial charge in [0, 0.05) is 113 Å². The minimum atomic E-state index is -1.56. The van der Waals surface area contributed by atoms with Gasteiger partial charge >= 0.3 is 23.9 Å². The number of nitrogens with one attached hydrogen (secondary N) is 7. The molecule has 0 saturated heterocycles. The van der Waals surface area contributed by atoms with Crippen molar-refractivity contribution in [3.05, 3.63) is 119 Å². The average molecular weight is 1400 g/mol. The van der Waals surface area contributed by atoms with E-state index in [0.717, 1.165) is 15.2 Å². The first-order valence-corrected chi connectivity index (χ1v) is 32.1. The van der Waals surface area contributed by atoms with Crippen LogP contribution in [0.3, 0.4) is 0 Å². The van der Waals surface area contributed by atoms with E-state index in [2.05, 4.69) is 37.2 Å². The largest absolute Gasteiger partial charge is 0.493 e. The second-order valence-corrected chi connectivity index (χ2v) is 23.2. The van der Waals surface area contributed by atoms with E-state index in [-0.39, 0.29) is 124 Å². The lowest BCUT2D eigenvalue weighted by Crippen LogP contribution is -2.50. The molecule has 101 heavy (non-hydrogen) atoms. The van der Waals surface area contributed by atoms with E-state index in [9.17, 15) is 82.1 Å². The van der Waals surface area contributed by atoms with Gasteiger partial charge in [-0.05, 0) is 74.2 Å². The van der Waals surface area contributed by atoms with Crippen LogP contribution in [0.5, 0.6) is 23.0 Å². The second kappa shape index (κ2) is 35.3. The van der Waals surface area contributed by atoms with E-state index in [4.69, 9.17) is 29.2 Å². The number of nitrogens with zero attached hydrogens (tertiary/aromatic N) is 2. The molecule has 6 aromatic rings. The molecule has 6 aromatic carbocycles. The molecule has 2 aliphatic heterocycles. The van der Waals surface area contributed by atoms with Crippen LogP contribution in [-0.2, 0) is 52.7 Å². The summed E-state index contributed by atoms with van der Waals surface area (Å²) in [5.41, 5.74) is -0.0816. The molecule has 0 bridgehead atoms. The monoisotopic (exact) mass is 1400 g/mol. The standard InChI is InChI=1S/C69H73N9O23/c1-38(79)74-47(34-57(83)84)63(91)70-25-8-32-100-52-16-4-10-39-41(52)12-2-14-50(39)98-30-6-18-55(81)75-48(35-58(85)86)64(92)71-26-9-33-101-53-17-5-11-40-42(53)13-3-15-51(40)99-31-7-19-56(82)76-49(36-59(87)88)65(93)72-27-29-78-68(96)45-22-20-43-61-44(21-23-46(62(45)61)69(78)97)67(95)77(66(43)94)28-24-54(80)73-37-60(89)90/h2-5,10-17,20-23,47-49H,6-9,18-19,24-37H2,1H3,(H,70,91)(H,71,92)(H,72,93)(H,73,80)(H,74,79)(H,75,81)(H,76,82)(H,83,84)(H,85,86)(H,87,88)(H,89,90)/t47-,48-,49-/m0/s1. The molecule has 0 saturated carbocycles. The van der Waals surface area contributed by atoms with Gasteiger partial charge in [0.15, 0.2) is 0 Å². The number of fused-ring (bicyclic) bond motifs is 2. The first-order valence-electron chi connectivity index (χ1n) is 32.1. The lowest BCUT2D eigenvalue weighted by Gasteiger charge is -2.32. The summed E-state index contributed by atoms with van der Waals surface area (Å²) in [5.74, 6) is -11.3. The van der Waals surface area contributed by atoms with Gasteiger partial charge in [0.1, 0.15) is 47.7 Å². The number of ether oxygens (including phenoxy) is 4. The number of carbonyl (C=O) groups is 15. The lowest BCUT2D eigenvalue weighted by atomic mass is 9.86. The molecule has 0 radical (unpaired) electrons. The number of carbonyl (C=O) groups excluding carboxylic acids is 11. The highest BCUT2D eigenvalue weighted by Crippen LogP contribution is 2.39. The predicted octanol–water partition coefficient (Wildman–Crippen LogP) is 2.43. The molecule has 0 aromatic heterocycles. The first-order chi connectivity index (χ1) is 48.4. The molecule has 0 spiro atoms. The Bertz CT molecular complexity index is 4170. The van der Waals surface area contributed by atoms with E-state index in [0.29, 0.717) is 45.6 Å². The Balaban J connectivity index is 0.733. The highest BCUT2D eigenvalue weighted by molar-refractivity contribution is 6.33. The molecule has 2 aliphatic rings. The number of carboxylic acid groups (broad SMARTS) is 4. The highest BCUT2D eigenvalue weighted by atomic mass is 16.5. The maximum atomic E-state index is 13.8. The number of hydrogen-bond acceptors (Lipinski definition) is 19. The van der Waals surface area contributed by atoms with Gasteiger partial charge < -0.3 is 76.6 Å². The van der Waals surface area contributed by atoms with Crippen molar-refractivity contribution in [3.8, 4) is 23.0 Å². The fourth-order valence-electron chi connectivity index (χ4n) is 11.2. The van der Waals surface area contributed by atoms with Crippen molar-refractivity contribution in [1.82, 2.24) is 47.0 Å². The molecule has 0 fully saturated rings. The lowest BCUT2D eigenvalue weighted by molar-refractivity contribution is -0.141. The zero-order chi connectivity index (χ0) is 72.9. The van der Waals surface area contributed by atoms with Gasteiger partial charge in [0.2, 0.25) is 41.4 Å². The zero-order valence-electron chi connectivity index (χ0n) is 54.6.